The van der Waals surface area contributed by atoms with E-state index in [-0.39, 0.29) is 6.61 Å². The Kier molecular flexibility index (Phi) is 5.25. The predicted octanol–water partition coefficient (Wildman–Crippen LogP) is 2.50. The van der Waals surface area contributed by atoms with Crippen LogP contribution < -0.4 is 0 Å². The normalized spacial score (nSPS) is 12.3. The highest BCUT2D eigenvalue weighted by atomic mass is 19.2. The number of rotatable bonds is 4. The van der Waals surface area contributed by atoms with Crippen LogP contribution in [0.1, 0.15) is 26.7 Å². The standard InChI is InChI=1S/C8H12F2O2/c1-3-4-5-12-8(11)7(10)6(2)9/h3-5H2,1-2H3/b7-6-. The predicted molar refractivity (Wildman–Crippen MR) is 40.8 cm³/mol. The molecule has 70 valence electrons. The van der Waals surface area contributed by atoms with Gasteiger partial charge in [-0.2, -0.15) is 4.39 Å². The van der Waals surface area contributed by atoms with Crippen molar-refractivity contribution in [3.8, 4) is 0 Å². The fraction of sp³-hybridized carbons (Fsp3) is 0.625. The first kappa shape index (κ1) is 11.1. The van der Waals surface area contributed by atoms with Gasteiger partial charge in [-0.3, -0.25) is 0 Å². The Bertz CT molecular complexity index is 183. The first-order valence-electron chi connectivity index (χ1n) is 3.78. The lowest BCUT2D eigenvalue weighted by molar-refractivity contribution is -0.141. The van der Waals surface area contributed by atoms with Crippen molar-refractivity contribution < 1.29 is 18.3 Å². The molecule has 0 aliphatic carbocycles. The molecule has 0 fully saturated rings. The quantitative estimate of drug-likeness (QED) is 0.375. The smallest absolute Gasteiger partial charge is 0.369 e. The minimum Gasteiger partial charge on any atom is -0.460 e. The molecule has 0 radical (unpaired) electrons. The summed E-state index contributed by atoms with van der Waals surface area (Å²) in [4.78, 5) is 10.6. The van der Waals surface area contributed by atoms with Crippen LogP contribution in [0.25, 0.3) is 0 Å². The molecule has 0 atom stereocenters. The van der Waals surface area contributed by atoms with Gasteiger partial charge in [0.2, 0.25) is 5.83 Å². The summed E-state index contributed by atoms with van der Waals surface area (Å²) in [6.45, 7) is 2.91. The van der Waals surface area contributed by atoms with Gasteiger partial charge in [0.05, 0.1) is 6.61 Å². The van der Waals surface area contributed by atoms with Crippen molar-refractivity contribution in [2.75, 3.05) is 6.61 Å². The minimum absolute atomic E-state index is 0.135. The van der Waals surface area contributed by atoms with Gasteiger partial charge in [0.15, 0.2) is 0 Å². The van der Waals surface area contributed by atoms with Crippen LogP contribution in [0.15, 0.2) is 11.7 Å². The van der Waals surface area contributed by atoms with Crippen molar-refractivity contribution in [1.29, 1.82) is 0 Å². The summed E-state index contributed by atoms with van der Waals surface area (Å²) < 4.78 is 28.8. The van der Waals surface area contributed by atoms with Crippen LogP contribution in [0, 0.1) is 0 Å². The molecular weight excluding hydrogens is 166 g/mol. The van der Waals surface area contributed by atoms with E-state index >= 15 is 0 Å². The molecule has 0 aromatic rings. The molecule has 0 rings (SSSR count). The van der Waals surface area contributed by atoms with Gasteiger partial charge >= 0.3 is 5.97 Å². The van der Waals surface area contributed by atoms with Crippen LogP contribution in [0.5, 0.6) is 0 Å². The molecule has 4 heteroatoms. The number of hydrogen-bond donors (Lipinski definition) is 0. The van der Waals surface area contributed by atoms with Crippen molar-refractivity contribution in [1.82, 2.24) is 0 Å². The van der Waals surface area contributed by atoms with Gasteiger partial charge in [0, 0.05) is 0 Å². The van der Waals surface area contributed by atoms with Gasteiger partial charge in [0.1, 0.15) is 5.83 Å². The summed E-state index contributed by atoms with van der Waals surface area (Å²) in [6.07, 6.45) is 1.50. The minimum atomic E-state index is -1.44. The lowest BCUT2D eigenvalue weighted by Crippen LogP contribution is -2.06. The zero-order valence-corrected chi connectivity index (χ0v) is 7.19. The summed E-state index contributed by atoms with van der Waals surface area (Å²) in [7, 11) is 0. The molecular formula is C8H12F2O2. The van der Waals surface area contributed by atoms with E-state index in [1.165, 1.54) is 0 Å². The maximum Gasteiger partial charge on any atom is 0.369 e. The van der Waals surface area contributed by atoms with Crippen LogP contribution in [0.3, 0.4) is 0 Å². The van der Waals surface area contributed by atoms with Crippen molar-refractivity contribution in [3.05, 3.63) is 11.7 Å². The summed E-state index contributed by atoms with van der Waals surface area (Å²) in [5.41, 5.74) is 0. The molecule has 0 aliphatic rings. The Balaban J connectivity index is 3.81. The molecule has 12 heavy (non-hydrogen) atoms. The first-order valence-corrected chi connectivity index (χ1v) is 3.78. The van der Waals surface area contributed by atoms with E-state index in [1.807, 2.05) is 6.92 Å². The van der Waals surface area contributed by atoms with Crippen molar-refractivity contribution in [3.63, 3.8) is 0 Å². The highest BCUT2D eigenvalue weighted by molar-refractivity contribution is 5.86. The second kappa shape index (κ2) is 5.69. The molecule has 0 saturated heterocycles. The van der Waals surface area contributed by atoms with E-state index in [0.717, 1.165) is 13.3 Å². The second-order valence-electron chi connectivity index (χ2n) is 2.34. The number of hydrogen-bond acceptors (Lipinski definition) is 2. The molecule has 0 amide bonds. The largest absolute Gasteiger partial charge is 0.460 e. The maximum absolute atomic E-state index is 12.4. The number of carbonyl (C=O) groups is 1. The van der Waals surface area contributed by atoms with E-state index in [0.29, 0.717) is 6.42 Å². The average Bonchev–Trinajstić information content (AvgIpc) is 2.03. The summed E-state index contributed by atoms with van der Waals surface area (Å²) in [5, 5.41) is 0. The molecule has 0 N–H and O–H groups in total. The summed E-state index contributed by atoms with van der Waals surface area (Å²) in [6, 6.07) is 0. The van der Waals surface area contributed by atoms with Gasteiger partial charge < -0.3 is 4.74 Å². The van der Waals surface area contributed by atoms with Crippen LogP contribution in [-0.2, 0) is 9.53 Å². The first-order chi connectivity index (χ1) is 5.59. The van der Waals surface area contributed by atoms with E-state index in [2.05, 4.69) is 4.74 Å². The van der Waals surface area contributed by atoms with Gasteiger partial charge in [-0.15, -0.1) is 0 Å². The van der Waals surface area contributed by atoms with E-state index in [1.54, 1.807) is 0 Å². The Morgan fingerprint density at radius 3 is 2.42 bits per heavy atom. The zero-order valence-electron chi connectivity index (χ0n) is 7.19. The fourth-order valence-corrected chi connectivity index (χ4v) is 0.513. The zero-order chi connectivity index (χ0) is 9.56. The fourth-order valence-electron chi connectivity index (χ4n) is 0.513. The number of carbonyl (C=O) groups excluding carboxylic acids is 1. The lowest BCUT2D eigenvalue weighted by atomic mass is 10.4. The maximum atomic E-state index is 12.4. The number of halogens is 2. The van der Waals surface area contributed by atoms with Crippen LogP contribution in [0.2, 0.25) is 0 Å². The summed E-state index contributed by atoms with van der Waals surface area (Å²) >= 11 is 0. The Morgan fingerprint density at radius 1 is 1.42 bits per heavy atom. The van der Waals surface area contributed by atoms with Crippen LogP contribution in [-0.4, -0.2) is 12.6 Å². The topological polar surface area (TPSA) is 26.3 Å². The van der Waals surface area contributed by atoms with E-state index in [9.17, 15) is 13.6 Å². The third-order valence-electron chi connectivity index (χ3n) is 1.21. The molecule has 0 spiro atoms. The average molecular weight is 178 g/mol. The van der Waals surface area contributed by atoms with Gasteiger partial charge in [0.25, 0.3) is 0 Å². The molecule has 0 aromatic carbocycles. The molecule has 0 bridgehead atoms. The highest BCUT2D eigenvalue weighted by Crippen LogP contribution is 2.08. The lowest BCUT2D eigenvalue weighted by Gasteiger charge is -2.00. The molecule has 0 aliphatic heterocycles. The Labute approximate surface area is 70.2 Å². The van der Waals surface area contributed by atoms with E-state index in [4.69, 9.17) is 0 Å². The number of esters is 1. The van der Waals surface area contributed by atoms with Crippen LogP contribution in [0.4, 0.5) is 8.78 Å². The number of unbranched alkanes of at least 4 members (excludes halogenated alkanes) is 1. The Morgan fingerprint density at radius 2 is 2.00 bits per heavy atom. The van der Waals surface area contributed by atoms with Crippen molar-refractivity contribution in [2.24, 2.45) is 0 Å². The summed E-state index contributed by atoms with van der Waals surface area (Å²) in [5.74, 6) is -3.80. The number of ether oxygens (including phenoxy) is 1. The van der Waals surface area contributed by atoms with Gasteiger partial charge in [-0.1, -0.05) is 13.3 Å². The SMILES string of the molecule is CCCCOC(=O)/C(F)=C(\C)F. The van der Waals surface area contributed by atoms with Crippen molar-refractivity contribution in [2.45, 2.75) is 26.7 Å². The van der Waals surface area contributed by atoms with E-state index < -0.39 is 17.6 Å². The molecule has 0 saturated carbocycles. The third kappa shape index (κ3) is 4.05. The molecule has 2 nitrogen and oxygen atoms in total. The highest BCUT2D eigenvalue weighted by Gasteiger charge is 2.13. The Hall–Kier alpha value is -0.930. The van der Waals surface area contributed by atoms with Crippen LogP contribution >= 0.6 is 0 Å². The molecule has 0 heterocycles. The third-order valence-corrected chi connectivity index (χ3v) is 1.21. The number of allylic oxidation sites excluding steroid dienone is 1. The molecule has 0 unspecified atom stereocenters. The molecule has 0 aromatic heterocycles. The second-order valence-corrected chi connectivity index (χ2v) is 2.34. The van der Waals surface area contributed by atoms with Gasteiger partial charge in [-0.05, 0) is 13.3 Å². The monoisotopic (exact) mass is 178 g/mol. The van der Waals surface area contributed by atoms with Gasteiger partial charge in [-0.25, -0.2) is 9.18 Å². The van der Waals surface area contributed by atoms with Crippen molar-refractivity contribution >= 4 is 5.97 Å².